The van der Waals surface area contributed by atoms with E-state index in [4.69, 9.17) is 9.47 Å². The van der Waals surface area contributed by atoms with Crippen LogP contribution in [0.3, 0.4) is 0 Å². The molecule has 32 heavy (non-hydrogen) atoms. The van der Waals surface area contributed by atoms with Crippen molar-refractivity contribution >= 4 is 80.1 Å². The summed E-state index contributed by atoms with van der Waals surface area (Å²) in [6, 6.07) is 13.1. The van der Waals surface area contributed by atoms with Crippen LogP contribution in [-0.4, -0.2) is 35.2 Å². The number of esters is 1. The molecule has 2 aromatic rings. The molecule has 0 N–H and O–H groups in total. The lowest BCUT2D eigenvalue weighted by Gasteiger charge is -2.12. The number of nitriles is 1. The van der Waals surface area contributed by atoms with Crippen molar-refractivity contribution < 1.29 is 23.9 Å². The number of carbonyl (C=O) groups excluding carboxylic acids is 3. The zero-order valence-corrected chi connectivity index (χ0v) is 21.9. The fourth-order valence-electron chi connectivity index (χ4n) is 2.83. The molecule has 0 saturated carbocycles. The molecule has 1 fully saturated rings. The lowest BCUT2D eigenvalue weighted by atomic mass is 10.1. The predicted octanol–water partition coefficient (Wildman–Crippen LogP) is 4.95. The van der Waals surface area contributed by atoms with E-state index >= 15 is 0 Å². The van der Waals surface area contributed by atoms with Gasteiger partial charge in [-0.2, -0.15) is 5.26 Å². The third-order valence-corrected chi connectivity index (χ3v) is 6.80. The molecule has 1 aliphatic rings. The fourth-order valence-corrected chi connectivity index (χ4v) is 5.80. The number of nitrogens with zero attached hydrogens (tertiary/aromatic N) is 2. The minimum absolute atomic E-state index is 0.179. The molecule has 0 spiro atoms. The van der Waals surface area contributed by atoms with Gasteiger partial charge in [0.15, 0.2) is 0 Å². The van der Waals surface area contributed by atoms with Crippen LogP contribution in [-0.2, 0) is 20.9 Å². The molecule has 0 aromatic heterocycles. The normalized spacial score (nSPS) is 14.6. The Morgan fingerprint density at radius 2 is 1.91 bits per heavy atom. The van der Waals surface area contributed by atoms with Crippen LogP contribution in [0.5, 0.6) is 5.75 Å². The number of hydrogen-bond acceptors (Lipinski definition) is 7. The van der Waals surface area contributed by atoms with Crippen molar-refractivity contribution in [2.75, 3.05) is 13.2 Å². The van der Waals surface area contributed by atoms with Crippen molar-refractivity contribution in [3.05, 3.63) is 65.1 Å². The SMILES string of the molecule is CCOC(=O)CN1C(=O)S/C(=C/c2cc(I)c(OCc3ccccc3C#N)c(I)c2)C1=O. The molecule has 0 unspecified atom stereocenters. The van der Waals surface area contributed by atoms with E-state index in [2.05, 4.69) is 51.3 Å². The lowest BCUT2D eigenvalue weighted by molar-refractivity contribution is -0.145. The quantitative estimate of drug-likeness (QED) is 0.233. The summed E-state index contributed by atoms with van der Waals surface area (Å²) in [6.07, 6.45) is 1.62. The third kappa shape index (κ3) is 5.81. The van der Waals surface area contributed by atoms with Crippen LogP contribution in [0.4, 0.5) is 4.79 Å². The second-order valence-corrected chi connectivity index (χ2v) is 9.76. The number of carbonyl (C=O) groups is 3. The van der Waals surface area contributed by atoms with Gasteiger partial charge in [0, 0.05) is 5.56 Å². The van der Waals surface area contributed by atoms with E-state index < -0.39 is 23.7 Å². The largest absolute Gasteiger partial charge is 0.487 e. The number of ether oxygens (including phenoxy) is 2. The van der Waals surface area contributed by atoms with E-state index in [1.165, 1.54) is 0 Å². The Morgan fingerprint density at radius 3 is 2.56 bits per heavy atom. The van der Waals surface area contributed by atoms with Crippen LogP contribution in [0.15, 0.2) is 41.3 Å². The summed E-state index contributed by atoms with van der Waals surface area (Å²) < 4.78 is 12.4. The highest BCUT2D eigenvalue weighted by Crippen LogP contribution is 2.35. The number of hydrogen-bond donors (Lipinski definition) is 0. The van der Waals surface area contributed by atoms with E-state index in [0.29, 0.717) is 11.3 Å². The zero-order chi connectivity index (χ0) is 23.3. The summed E-state index contributed by atoms with van der Waals surface area (Å²) in [5, 5.41) is 8.73. The Hall–Kier alpha value is -2.11. The van der Waals surface area contributed by atoms with Gasteiger partial charge < -0.3 is 9.47 Å². The van der Waals surface area contributed by atoms with Crippen molar-refractivity contribution in [2.24, 2.45) is 0 Å². The topological polar surface area (TPSA) is 96.7 Å². The van der Waals surface area contributed by atoms with Gasteiger partial charge >= 0.3 is 5.97 Å². The molecule has 1 aliphatic heterocycles. The van der Waals surface area contributed by atoms with Crippen LogP contribution in [0.25, 0.3) is 6.08 Å². The van der Waals surface area contributed by atoms with E-state index in [1.54, 1.807) is 25.1 Å². The van der Waals surface area contributed by atoms with Crippen LogP contribution < -0.4 is 4.74 Å². The monoisotopic (exact) mass is 674 g/mol. The molecule has 0 aliphatic carbocycles. The molecule has 10 heteroatoms. The van der Waals surface area contributed by atoms with Crippen molar-refractivity contribution in [3.63, 3.8) is 0 Å². The van der Waals surface area contributed by atoms with E-state index in [0.717, 1.165) is 34.9 Å². The first kappa shape index (κ1) is 24.5. The molecule has 0 bridgehead atoms. The number of rotatable bonds is 7. The molecule has 0 radical (unpaired) electrons. The number of thioether (sulfide) groups is 1. The summed E-state index contributed by atoms with van der Waals surface area (Å²) in [4.78, 5) is 37.5. The van der Waals surface area contributed by atoms with Gasteiger partial charge in [-0.15, -0.1) is 0 Å². The summed E-state index contributed by atoms with van der Waals surface area (Å²) >= 11 is 5.07. The molecule has 2 aromatic carbocycles. The first-order valence-electron chi connectivity index (χ1n) is 9.34. The number of amides is 2. The third-order valence-electron chi connectivity index (χ3n) is 4.29. The highest BCUT2D eigenvalue weighted by Gasteiger charge is 2.36. The fraction of sp³-hybridized carbons (Fsp3) is 0.182. The molecule has 7 nitrogen and oxygen atoms in total. The molecule has 1 saturated heterocycles. The predicted molar refractivity (Wildman–Crippen MR) is 137 cm³/mol. The Morgan fingerprint density at radius 1 is 1.22 bits per heavy atom. The van der Waals surface area contributed by atoms with Gasteiger partial charge in [0.05, 0.1) is 30.3 Å². The summed E-state index contributed by atoms with van der Waals surface area (Å²) in [5.74, 6) is -0.474. The van der Waals surface area contributed by atoms with Gasteiger partial charge in [0.2, 0.25) is 0 Å². The van der Waals surface area contributed by atoms with Crippen molar-refractivity contribution in [3.8, 4) is 11.8 Å². The second kappa shape index (κ2) is 11.2. The van der Waals surface area contributed by atoms with Crippen molar-refractivity contribution in [2.45, 2.75) is 13.5 Å². The average Bonchev–Trinajstić information content (AvgIpc) is 3.01. The summed E-state index contributed by atoms with van der Waals surface area (Å²) in [6.45, 7) is 1.69. The zero-order valence-electron chi connectivity index (χ0n) is 16.8. The number of halogens is 2. The average molecular weight is 674 g/mol. The first-order valence-corrected chi connectivity index (χ1v) is 12.3. The molecule has 1 heterocycles. The summed E-state index contributed by atoms with van der Waals surface area (Å²) in [5.41, 5.74) is 2.08. The Bertz CT molecular complexity index is 1140. The Kier molecular flexibility index (Phi) is 8.55. The minimum Gasteiger partial charge on any atom is -0.487 e. The molecular weight excluding hydrogens is 658 g/mol. The van der Waals surface area contributed by atoms with Gasteiger partial charge in [-0.25, -0.2) is 0 Å². The van der Waals surface area contributed by atoms with Crippen LogP contribution >= 0.6 is 56.9 Å². The van der Waals surface area contributed by atoms with E-state index in [-0.39, 0.29) is 18.1 Å². The highest BCUT2D eigenvalue weighted by molar-refractivity contribution is 14.1. The maximum absolute atomic E-state index is 12.6. The van der Waals surface area contributed by atoms with Gasteiger partial charge in [0.1, 0.15) is 18.9 Å². The van der Waals surface area contributed by atoms with E-state index in [9.17, 15) is 19.6 Å². The second-order valence-electron chi connectivity index (χ2n) is 6.44. The van der Waals surface area contributed by atoms with Gasteiger partial charge in [-0.3, -0.25) is 19.3 Å². The highest BCUT2D eigenvalue weighted by atomic mass is 127. The Labute approximate surface area is 216 Å². The Balaban J connectivity index is 1.77. The molecular formula is C22H16I2N2O5S. The van der Waals surface area contributed by atoms with Crippen molar-refractivity contribution in [1.82, 2.24) is 4.90 Å². The molecule has 0 atom stereocenters. The first-order chi connectivity index (χ1) is 15.3. The maximum atomic E-state index is 12.6. The van der Waals surface area contributed by atoms with Crippen LogP contribution in [0.1, 0.15) is 23.6 Å². The van der Waals surface area contributed by atoms with Gasteiger partial charge in [-0.05, 0) is 93.7 Å². The van der Waals surface area contributed by atoms with E-state index in [1.807, 2.05) is 24.3 Å². The number of benzene rings is 2. The maximum Gasteiger partial charge on any atom is 0.326 e. The van der Waals surface area contributed by atoms with Crippen LogP contribution in [0.2, 0.25) is 0 Å². The minimum atomic E-state index is -0.625. The lowest BCUT2D eigenvalue weighted by Crippen LogP contribution is -2.34. The van der Waals surface area contributed by atoms with Crippen molar-refractivity contribution in [1.29, 1.82) is 5.26 Å². The number of imide groups is 1. The van der Waals surface area contributed by atoms with Crippen LogP contribution in [0, 0.1) is 18.5 Å². The van der Waals surface area contributed by atoms with Gasteiger partial charge in [0.25, 0.3) is 11.1 Å². The van der Waals surface area contributed by atoms with Gasteiger partial charge in [-0.1, -0.05) is 18.2 Å². The smallest absolute Gasteiger partial charge is 0.326 e. The molecule has 164 valence electrons. The molecule has 3 rings (SSSR count). The molecule has 2 amide bonds. The summed E-state index contributed by atoms with van der Waals surface area (Å²) in [7, 11) is 0. The standard InChI is InChI=1S/C22H16I2N2O5S/c1-2-30-19(27)11-26-21(28)18(32-22(26)29)9-13-7-16(23)20(17(24)8-13)31-12-15-6-4-3-5-14(15)10-25/h3-9H,2,11-12H2,1H3/b18-9+.